The molecule has 25 heavy (non-hydrogen) atoms. The minimum atomic E-state index is -0.138. The number of carbonyl (C=O) groups excluding carboxylic acids is 1. The van der Waals surface area contributed by atoms with Crippen molar-refractivity contribution >= 4 is 11.6 Å². The fourth-order valence-corrected chi connectivity index (χ4v) is 2.47. The average molecular weight is 341 g/mol. The van der Waals surface area contributed by atoms with Crippen LogP contribution in [0.1, 0.15) is 49.7 Å². The third kappa shape index (κ3) is 6.29. The van der Waals surface area contributed by atoms with Gasteiger partial charge in [0, 0.05) is 35.7 Å². The Labute approximate surface area is 149 Å². The zero-order valence-electron chi connectivity index (χ0n) is 15.3. The first-order valence-corrected chi connectivity index (χ1v) is 8.64. The lowest BCUT2D eigenvalue weighted by Crippen LogP contribution is -2.33. The van der Waals surface area contributed by atoms with E-state index in [-0.39, 0.29) is 24.1 Å². The van der Waals surface area contributed by atoms with Crippen LogP contribution in [0.2, 0.25) is 0 Å². The van der Waals surface area contributed by atoms with Crippen molar-refractivity contribution in [2.75, 3.05) is 11.9 Å². The van der Waals surface area contributed by atoms with Gasteiger partial charge < -0.3 is 15.4 Å². The number of ether oxygens (including phenoxy) is 1. The molecule has 1 aromatic carbocycles. The van der Waals surface area contributed by atoms with Crippen LogP contribution in [0.25, 0.3) is 0 Å². The Morgan fingerprint density at radius 1 is 1.04 bits per heavy atom. The lowest BCUT2D eigenvalue weighted by atomic mass is 10.1. The summed E-state index contributed by atoms with van der Waals surface area (Å²) in [5.74, 6) is -0.138. The summed E-state index contributed by atoms with van der Waals surface area (Å²) in [6.45, 7) is 8.99. The SMILES string of the molecule is CC(C)OC[C@H](C)N[C@H](C)c1ccc(NC(=O)c2ccncc2)cc1. The summed E-state index contributed by atoms with van der Waals surface area (Å²) < 4.78 is 5.63. The molecule has 0 bridgehead atoms. The maximum absolute atomic E-state index is 12.1. The van der Waals surface area contributed by atoms with Gasteiger partial charge in [-0.1, -0.05) is 12.1 Å². The molecule has 5 heteroatoms. The van der Waals surface area contributed by atoms with Crippen molar-refractivity contribution in [2.45, 2.75) is 45.9 Å². The molecule has 0 radical (unpaired) electrons. The Bertz CT molecular complexity index is 656. The lowest BCUT2D eigenvalue weighted by Gasteiger charge is -2.21. The molecule has 134 valence electrons. The molecule has 0 saturated heterocycles. The van der Waals surface area contributed by atoms with E-state index in [4.69, 9.17) is 4.74 Å². The van der Waals surface area contributed by atoms with E-state index in [1.54, 1.807) is 24.5 Å². The average Bonchev–Trinajstić information content (AvgIpc) is 2.61. The molecule has 1 aromatic heterocycles. The van der Waals surface area contributed by atoms with Crippen LogP contribution in [0.4, 0.5) is 5.69 Å². The number of benzene rings is 1. The molecule has 0 aliphatic rings. The molecule has 2 atom stereocenters. The van der Waals surface area contributed by atoms with E-state index >= 15 is 0 Å². The highest BCUT2D eigenvalue weighted by atomic mass is 16.5. The van der Waals surface area contributed by atoms with Crippen LogP contribution in [0.15, 0.2) is 48.8 Å². The number of aromatic nitrogens is 1. The predicted molar refractivity (Wildman–Crippen MR) is 101 cm³/mol. The minimum Gasteiger partial charge on any atom is -0.377 e. The van der Waals surface area contributed by atoms with Gasteiger partial charge in [0.25, 0.3) is 5.91 Å². The second-order valence-corrected chi connectivity index (χ2v) is 6.48. The number of hydrogen-bond acceptors (Lipinski definition) is 4. The Balaban J connectivity index is 1.89. The molecule has 5 nitrogen and oxygen atoms in total. The van der Waals surface area contributed by atoms with Crippen LogP contribution >= 0.6 is 0 Å². The Morgan fingerprint density at radius 3 is 2.28 bits per heavy atom. The highest BCUT2D eigenvalue weighted by molar-refractivity contribution is 6.04. The van der Waals surface area contributed by atoms with Gasteiger partial charge in [0.1, 0.15) is 0 Å². The first-order chi connectivity index (χ1) is 12.0. The Kier molecular flexibility index (Phi) is 7.10. The van der Waals surface area contributed by atoms with Gasteiger partial charge in [-0.15, -0.1) is 0 Å². The standard InChI is InChI=1S/C20H27N3O2/c1-14(2)25-13-15(3)22-16(4)17-5-7-19(8-6-17)23-20(24)18-9-11-21-12-10-18/h5-12,14-16,22H,13H2,1-4H3,(H,23,24)/t15-,16+/m0/s1. The van der Waals surface area contributed by atoms with Crippen molar-refractivity contribution in [3.8, 4) is 0 Å². The van der Waals surface area contributed by atoms with Crippen LogP contribution in [-0.4, -0.2) is 29.6 Å². The summed E-state index contributed by atoms with van der Waals surface area (Å²) in [7, 11) is 0. The molecular weight excluding hydrogens is 314 g/mol. The fourth-order valence-electron chi connectivity index (χ4n) is 2.47. The van der Waals surface area contributed by atoms with Crippen molar-refractivity contribution in [3.05, 3.63) is 59.9 Å². The number of hydrogen-bond donors (Lipinski definition) is 2. The number of rotatable bonds is 8. The molecule has 1 heterocycles. The molecule has 0 aliphatic heterocycles. The highest BCUT2D eigenvalue weighted by Crippen LogP contribution is 2.17. The largest absolute Gasteiger partial charge is 0.377 e. The van der Waals surface area contributed by atoms with Crippen molar-refractivity contribution < 1.29 is 9.53 Å². The fraction of sp³-hybridized carbons (Fsp3) is 0.400. The van der Waals surface area contributed by atoms with Gasteiger partial charge in [0.2, 0.25) is 0 Å². The van der Waals surface area contributed by atoms with Crippen molar-refractivity contribution in [3.63, 3.8) is 0 Å². The highest BCUT2D eigenvalue weighted by Gasteiger charge is 2.11. The first-order valence-electron chi connectivity index (χ1n) is 8.64. The van der Waals surface area contributed by atoms with Gasteiger partial charge in [-0.2, -0.15) is 0 Å². The van der Waals surface area contributed by atoms with E-state index in [1.807, 2.05) is 38.1 Å². The van der Waals surface area contributed by atoms with E-state index in [0.717, 1.165) is 5.69 Å². The zero-order valence-corrected chi connectivity index (χ0v) is 15.3. The maximum atomic E-state index is 12.1. The van der Waals surface area contributed by atoms with Gasteiger partial charge >= 0.3 is 0 Å². The molecule has 2 N–H and O–H groups in total. The van der Waals surface area contributed by atoms with Crippen LogP contribution < -0.4 is 10.6 Å². The van der Waals surface area contributed by atoms with E-state index in [0.29, 0.717) is 12.2 Å². The third-order valence-corrected chi connectivity index (χ3v) is 3.83. The van der Waals surface area contributed by atoms with Crippen LogP contribution in [0.5, 0.6) is 0 Å². The molecule has 0 unspecified atom stereocenters. The van der Waals surface area contributed by atoms with E-state index in [2.05, 4.69) is 29.5 Å². The summed E-state index contributed by atoms with van der Waals surface area (Å²) >= 11 is 0. The number of amides is 1. The number of anilines is 1. The number of pyridine rings is 1. The second-order valence-electron chi connectivity index (χ2n) is 6.48. The summed E-state index contributed by atoms with van der Waals surface area (Å²) in [6.07, 6.45) is 3.45. The van der Waals surface area contributed by atoms with Gasteiger partial charge in [0.05, 0.1) is 12.7 Å². The molecule has 0 saturated carbocycles. The third-order valence-electron chi connectivity index (χ3n) is 3.83. The van der Waals surface area contributed by atoms with Gasteiger partial charge in [0.15, 0.2) is 0 Å². The quantitative estimate of drug-likeness (QED) is 0.767. The van der Waals surface area contributed by atoms with E-state index in [1.165, 1.54) is 5.56 Å². The van der Waals surface area contributed by atoms with Crippen LogP contribution in [0.3, 0.4) is 0 Å². The summed E-state index contributed by atoms with van der Waals surface area (Å²) in [5.41, 5.74) is 2.53. The molecule has 2 rings (SSSR count). The topological polar surface area (TPSA) is 63.2 Å². The van der Waals surface area contributed by atoms with Gasteiger partial charge in [-0.05, 0) is 57.5 Å². The molecule has 2 aromatic rings. The molecule has 0 spiro atoms. The van der Waals surface area contributed by atoms with E-state index < -0.39 is 0 Å². The van der Waals surface area contributed by atoms with Crippen molar-refractivity contribution in [2.24, 2.45) is 0 Å². The molecule has 1 amide bonds. The monoisotopic (exact) mass is 341 g/mol. The predicted octanol–water partition coefficient (Wildman–Crippen LogP) is 3.80. The van der Waals surface area contributed by atoms with E-state index in [9.17, 15) is 4.79 Å². The Morgan fingerprint density at radius 2 is 1.68 bits per heavy atom. The molecule has 0 aliphatic carbocycles. The maximum Gasteiger partial charge on any atom is 0.255 e. The lowest BCUT2D eigenvalue weighted by molar-refractivity contribution is 0.0626. The smallest absolute Gasteiger partial charge is 0.255 e. The van der Waals surface area contributed by atoms with Crippen molar-refractivity contribution in [1.29, 1.82) is 0 Å². The second kappa shape index (κ2) is 9.30. The van der Waals surface area contributed by atoms with Crippen LogP contribution in [-0.2, 0) is 4.74 Å². The zero-order chi connectivity index (χ0) is 18.2. The molecule has 0 fully saturated rings. The number of nitrogens with zero attached hydrogens (tertiary/aromatic N) is 1. The first kappa shape index (κ1) is 19.1. The Hall–Kier alpha value is -2.24. The summed E-state index contributed by atoms with van der Waals surface area (Å²) in [5, 5.41) is 6.41. The molecular formula is C20H27N3O2. The van der Waals surface area contributed by atoms with Crippen LogP contribution in [0, 0.1) is 0 Å². The number of nitrogens with one attached hydrogen (secondary N) is 2. The van der Waals surface area contributed by atoms with Crippen molar-refractivity contribution in [1.82, 2.24) is 10.3 Å². The number of carbonyl (C=O) groups is 1. The summed E-state index contributed by atoms with van der Waals surface area (Å²) in [6, 6.07) is 11.7. The van der Waals surface area contributed by atoms with Gasteiger partial charge in [-0.3, -0.25) is 9.78 Å². The minimum absolute atomic E-state index is 0.138. The normalized spacial score (nSPS) is 13.5. The van der Waals surface area contributed by atoms with Gasteiger partial charge in [-0.25, -0.2) is 0 Å². The summed E-state index contributed by atoms with van der Waals surface area (Å²) in [4.78, 5) is 16.1.